The molecule has 0 radical (unpaired) electrons. The van der Waals surface area contributed by atoms with Crippen molar-refractivity contribution in [2.75, 3.05) is 31.1 Å². The topological polar surface area (TPSA) is 32.3 Å². The smallest absolute Gasteiger partial charge is 0.139 e. The Morgan fingerprint density at radius 2 is 1.96 bits per heavy atom. The fourth-order valence-corrected chi connectivity index (χ4v) is 4.23. The largest absolute Gasteiger partial charge is 0.354 e. The zero-order valence-electron chi connectivity index (χ0n) is 13.5. The van der Waals surface area contributed by atoms with Crippen molar-refractivity contribution in [3.8, 4) is 0 Å². The molecule has 1 saturated heterocycles. The van der Waals surface area contributed by atoms with Gasteiger partial charge in [0.2, 0.25) is 0 Å². The summed E-state index contributed by atoms with van der Waals surface area (Å²) in [6.07, 6.45) is 1.88. The van der Waals surface area contributed by atoms with Gasteiger partial charge in [0.05, 0.1) is 6.04 Å². The van der Waals surface area contributed by atoms with E-state index >= 15 is 0 Å². The van der Waals surface area contributed by atoms with Gasteiger partial charge in [0.1, 0.15) is 16.0 Å². The fourth-order valence-electron chi connectivity index (χ4n) is 3.24. The Kier molecular flexibility index (Phi) is 4.39. The first-order valence-corrected chi connectivity index (χ1v) is 9.42. The van der Waals surface area contributed by atoms with Crippen molar-refractivity contribution in [1.82, 2.24) is 14.9 Å². The van der Waals surface area contributed by atoms with Gasteiger partial charge in [-0.05, 0) is 18.4 Å². The van der Waals surface area contributed by atoms with Gasteiger partial charge in [-0.15, -0.1) is 11.3 Å². The van der Waals surface area contributed by atoms with Crippen LogP contribution in [0.2, 0.25) is 5.15 Å². The number of halogens is 1. The first kappa shape index (κ1) is 15.8. The minimum atomic E-state index is 0.375. The van der Waals surface area contributed by atoms with E-state index in [1.807, 2.05) is 29.8 Å². The van der Waals surface area contributed by atoms with Crippen LogP contribution in [-0.2, 0) is 0 Å². The molecule has 6 heteroatoms. The third-order valence-corrected chi connectivity index (χ3v) is 5.91. The first-order chi connectivity index (χ1) is 11.7. The Labute approximate surface area is 150 Å². The van der Waals surface area contributed by atoms with Crippen molar-refractivity contribution in [2.24, 2.45) is 0 Å². The Balaban J connectivity index is 1.50. The van der Waals surface area contributed by atoms with Gasteiger partial charge in [-0.3, -0.25) is 4.90 Å². The van der Waals surface area contributed by atoms with Crippen molar-refractivity contribution in [3.05, 3.63) is 52.1 Å². The van der Waals surface area contributed by atoms with Crippen LogP contribution in [0.15, 0.2) is 41.9 Å². The van der Waals surface area contributed by atoms with Crippen LogP contribution in [0.4, 0.5) is 5.82 Å². The number of fused-ring (bicyclic) bond motifs is 1. The SMILES string of the molecule is CC(c1nccs1)N1CCN(c2cc3ccccc3c(Cl)n2)CC1. The van der Waals surface area contributed by atoms with Crippen molar-refractivity contribution in [1.29, 1.82) is 0 Å². The molecule has 3 heterocycles. The van der Waals surface area contributed by atoms with Gasteiger partial charge < -0.3 is 4.90 Å². The number of hydrogen-bond donors (Lipinski definition) is 0. The predicted molar refractivity (Wildman–Crippen MR) is 101 cm³/mol. The number of thiazole rings is 1. The lowest BCUT2D eigenvalue weighted by Crippen LogP contribution is -2.47. The molecule has 0 spiro atoms. The summed E-state index contributed by atoms with van der Waals surface area (Å²) < 4.78 is 0. The molecule has 0 amide bonds. The van der Waals surface area contributed by atoms with E-state index in [0.717, 1.165) is 42.8 Å². The van der Waals surface area contributed by atoms with Gasteiger partial charge in [0.25, 0.3) is 0 Å². The van der Waals surface area contributed by atoms with E-state index in [9.17, 15) is 0 Å². The molecular weight excluding hydrogens is 340 g/mol. The molecule has 0 aliphatic carbocycles. The highest BCUT2D eigenvalue weighted by Gasteiger charge is 2.24. The zero-order valence-corrected chi connectivity index (χ0v) is 15.1. The van der Waals surface area contributed by atoms with Crippen LogP contribution in [0.1, 0.15) is 18.0 Å². The van der Waals surface area contributed by atoms with Gasteiger partial charge in [-0.2, -0.15) is 0 Å². The van der Waals surface area contributed by atoms with Gasteiger partial charge in [-0.25, -0.2) is 9.97 Å². The second-order valence-electron chi connectivity index (χ2n) is 6.06. The third kappa shape index (κ3) is 2.99. The predicted octanol–water partition coefficient (Wildman–Crippen LogP) is 4.23. The number of anilines is 1. The maximum absolute atomic E-state index is 6.37. The monoisotopic (exact) mass is 358 g/mol. The number of nitrogens with zero attached hydrogens (tertiary/aromatic N) is 4. The van der Waals surface area contributed by atoms with Crippen LogP contribution in [0.3, 0.4) is 0 Å². The van der Waals surface area contributed by atoms with Crippen LogP contribution in [0, 0.1) is 0 Å². The molecule has 1 unspecified atom stereocenters. The summed E-state index contributed by atoms with van der Waals surface area (Å²) in [6, 6.07) is 10.7. The highest BCUT2D eigenvalue weighted by molar-refractivity contribution is 7.09. The van der Waals surface area contributed by atoms with E-state index < -0.39 is 0 Å². The van der Waals surface area contributed by atoms with E-state index in [4.69, 9.17) is 11.6 Å². The molecule has 1 aliphatic rings. The number of hydrogen-bond acceptors (Lipinski definition) is 5. The molecule has 4 nitrogen and oxygen atoms in total. The van der Waals surface area contributed by atoms with E-state index in [1.165, 1.54) is 5.01 Å². The van der Waals surface area contributed by atoms with E-state index in [-0.39, 0.29) is 0 Å². The molecule has 0 saturated carbocycles. The first-order valence-electron chi connectivity index (χ1n) is 8.16. The molecule has 0 bridgehead atoms. The molecule has 1 aliphatic heterocycles. The summed E-state index contributed by atoms with van der Waals surface area (Å²) in [4.78, 5) is 13.9. The van der Waals surface area contributed by atoms with E-state index in [0.29, 0.717) is 11.2 Å². The number of piperazine rings is 1. The van der Waals surface area contributed by atoms with Crippen LogP contribution in [-0.4, -0.2) is 41.0 Å². The second kappa shape index (κ2) is 6.67. The average Bonchev–Trinajstić information content (AvgIpc) is 3.16. The van der Waals surface area contributed by atoms with E-state index in [2.05, 4.69) is 38.8 Å². The Hall–Kier alpha value is -1.69. The number of benzene rings is 1. The lowest BCUT2D eigenvalue weighted by Gasteiger charge is -2.38. The summed E-state index contributed by atoms with van der Waals surface area (Å²) in [5.41, 5.74) is 0. The van der Waals surface area contributed by atoms with Crippen molar-refractivity contribution in [2.45, 2.75) is 13.0 Å². The van der Waals surface area contributed by atoms with Gasteiger partial charge in [-0.1, -0.05) is 35.9 Å². The molecule has 4 rings (SSSR count). The summed E-state index contributed by atoms with van der Waals surface area (Å²) >= 11 is 8.10. The lowest BCUT2D eigenvalue weighted by atomic mass is 10.1. The van der Waals surface area contributed by atoms with Crippen molar-refractivity contribution >= 4 is 39.5 Å². The molecular formula is C18H19ClN4S. The maximum Gasteiger partial charge on any atom is 0.139 e. The zero-order chi connectivity index (χ0) is 16.5. The highest BCUT2D eigenvalue weighted by Crippen LogP contribution is 2.28. The van der Waals surface area contributed by atoms with Crippen molar-refractivity contribution in [3.63, 3.8) is 0 Å². The lowest BCUT2D eigenvalue weighted by molar-refractivity contribution is 0.198. The molecule has 1 fully saturated rings. The molecule has 2 aromatic heterocycles. The van der Waals surface area contributed by atoms with E-state index in [1.54, 1.807) is 11.3 Å². The minimum absolute atomic E-state index is 0.375. The molecule has 24 heavy (non-hydrogen) atoms. The van der Waals surface area contributed by atoms with Gasteiger partial charge in [0.15, 0.2) is 0 Å². The third-order valence-electron chi connectivity index (χ3n) is 4.68. The Bertz CT molecular complexity index is 828. The maximum atomic E-state index is 6.37. The molecule has 0 N–H and O–H groups in total. The highest BCUT2D eigenvalue weighted by atomic mass is 35.5. The van der Waals surface area contributed by atoms with Crippen molar-refractivity contribution < 1.29 is 0 Å². The fraction of sp³-hybridized carbons (Fsp3) is 0.333. The quantitative estimate of drug-likeness (QED) is 0.656. The Morgan fingerprint density at radius 3 is 2.71 bits per heavy atom. The number of pyridine rings is 1. The van der Waals surface area contributed by atoms with Gasteiger partial charge in [0, 0.05) is 43.1 Å². The molecule has 1 aromatic carbocycles. The normalized spacial score (nSPS) is 17.3. The Morgan fingerprint density at radius 1 is 1.17 bits per heavy atom. The molecule has 3 aromatic rings. The summed E-state index contributed by atoms with van der Waals surface area (Å²) in [6.45, 7) is 6.16. The number of aromatic nitrogens is 2. The van der Waals surface area contributed by atoms with Crippen LogP contribution in [0.25, 0.3) is 10.8 Å². The van der Waals surface area contributed by atoms with Crippen LogP contribution >= 0.6 is 22.9 Å². The average molecular weight is 359 g/mol. The second-order valence-corrected chi connectivity index (χ2v) is 7.35. The molecule has 1 atom stereocenters. The number of rotatable bonds is 3. The van der Waals surface area contributed by atoms with Crippen LogP contribution in [0.5, 0.6) is 0 Å². The van der Waals surface area contributed by atoms with Crippen LogP contribution < -0.4 is 4.90 Å². The van der Waals surface area contributed by atoms with Gasteiger partial charge >= 0.3 is 0 Å². The minimum Gasteiger partial charge on any atom is -0.354 e. The standard InChI is InChI=1S/C18H19ClN4S/c1-13(18-20-6-11-24-18)22-7-9-23(10-8-22)16-12-14-4-2-3-5-15(14)17(19)21-16/h2-6,11-13H,7-10H2,1H3. The molecule has 124 valence electrons. The summed E-state index contributed by atoms with van der Waals surface area (Å²) in [7, 11) is 0. The summed E-state index contributed by atoms with van der Waals surface area (Å²) in [5.74, 6) is 0.972. The summed E-state index contributed by atoms with van der Waals surface area (Å²) in [5, 5.41) is 5.98.